The summed E-state index contributed by atoms with van der Waals surface area (Å²) < 4.78 is 13.2. The Kier molecular flexibility index (Phi) is 3.39. The van der Waals surface area contributed by atoms with E-state index in [1.807, 2.05) is 6.07 Å². The van der Waals surface area contributed by atoms with Crippen LogP contribution in [0.1, 0.15) is 5.56 Å². The monoisotopic (exact) mass is 242 g/mol. The number of hydrogen-bond donors (Lipinski definition) is 2. The molecule has 0 saturated heterocycles. The molecule has 0 atom stereocenters. The minimum atomic E-state index is -0.520. The van der Waals surface area contributed by atoms with Gasteiger partial charge in [-0.15, -0.1) is 0 Å². The zero-order chi connectivity index (χ0) is 13.0. The molecule has 0 aliphatic heterocycles. The van der Waals surface area contributed by atoms with Gasteiger partial charge in [-0.3, -0.25) is 0 Å². The zero-order valence-corrected chi connectivity index (χ0v) is 9.74. The Labute approximate surface area is 104 Å². The van der Waals surface area contributed by atoms with Crippen LogP contribution < -0.4 is 10.6 Å². The first-order chi connectivity index (χ1) is 8.72. The average molecular weight is 242 g/mol. The molecule has 0 aliphatic rings. The summed E-state index contributed by atoms with van der Waals surface area (Å²) in [7, 11) is 1.78. The maximum Gasteiger partial charge on any atom is 0.141 e. The highest BCUT2D eigenvalue weighted by atomic mass is 19.1. The molecule has 0 amide bonds. The molecule has 4 nitrogen and oxygen atoms in total. The molecule has 18 heavy (non-hydrogen) atoms. The molecule has 2 rings (SSSR count). The molecule has 0 radical (unpaired) electrons. The van der Waals surface area contributed by atoms with Crippen LogP contribution in [0.15, 0.2) is 36.5 Å². The number of hydrogen-bond acceptors (Lipinski definition) is 4. The normalized spacial score (nSPS) is 9.61. The fourth-order valence-electron chi connectivity index (χ4n) is 1.50. The van der Waals surface area contributed by atoms with Gasteiger partial charge in [0.25, 0.3) is 0 Å². The van der Waals surface area contributed by atoms with Crippen LogP contribution in [-0.2, 0) is 0 Å². The number of halogens is 1. The number of rotatable bonds is 3. The van der Waals surface area contributed by atoms with E-state index in [0.717, 1.165) is 11.5 Å². The summed E-state index contributed by atoms with van der Waals surface area (Å²) in [5.41, 5.74) is 1.48. The van der Waals surface area contributed by atoms with Gasteiger partial charge in [-0.2, -0.15) is 5.26 Å². The van der Waals surface area contributed by atoms with Crippen LogP contribution in [0.2, 0.25) is 0 Å². The third-order valence-corrected chi connectivity index (χ3v) is 2.39. The highest BCUT2D eigenvalue weighted by Crippen LogP contribution is 2.20. The van der Waals surface area contributed by atoms with E-state index in [-0.39, 0.29) is 5.56 Å². The number of nitrogens with one attached hydrogen (secondary N) is 2. The maximum absolute atomic E-state index is 13.2. The lowest BCUT2D eigenvalue weighted by Gasteiger charge is -2.08. The summed E-state index contributed by atoms with van der Waals surface area (Å²) in [5.74, 6) is 0.205. The molecule has 0 spiro atoms. The van der Waals surface area contributed by atoms with Gasteiger partial charge in [-0.1, -0.05) is 0 Å². The van der Waals surface area contributed by atoms with Gasteiger partial charge in [0.1, 0.15) is 17.7 Å². The number of nitrogens with zero attached hydrogens (tertiary/aromatic N) is 2. The van der Waals surface area contributed by atoms with Crippen LogP contribution in [0.5, 0.6) is 0 Å². The highest BCUT2D eigenvalue weighted by molar-refractivity contribution is 5.63. The predicted octanol–water partition coefficient (Wildman–Crippen LogP) is 2.88. The van der Waals surface area contributed by atoms with Gasteiger partial charge in [0.05, 0.1) is 5.56 Å². The van der Waals surface area contributed by atoms with Gasteiger partial charge in [0, 0.05) is 30.7 Å². The lowest BCUT2D eigenvalue weighted by atomic mass is 10.2. The van der Waals surface area contributed by atoms with Crippen molar-refractivity contribution in [1.29, 1.82) is 5.26 Å². The van der Waals surface area contributed by atoms with E-state index in [1.54, 1.807) is 31.4 Å². The van der Waals surface area contributed by atoms with E-state index in [1.165, 1.54) is 12.1 Å². The molecular weight excluding hydrogens is 231 g/mol. The van der Waals surface area contributed by atoms with Crippen LogP contribution >= 0.6 is 0 Å². The van der Waals surface area contributed by atoms with Gasteiger partial charge < -0.3 is 10.6 Å². The summed E-state index contributed by atoms with van der Waals surface area (Å²) in [5, 5.41) is 14.8. The first-order valence-corrected chi connectivity index (χ1v) is 5.33. The molecule has 0 fully saturated rings. The van der Waals surface area contributed by atoms with E-state index >= 15 is 0 Å². The molecule has 0 bridgehead atoms. The van der Waals surface area contributed by atoms with Crippen LogP contribution in [-0.4, -0.2) is 12.0 Å². The predicted molar refractivity (Wildman–Crippen MR) is 68.2 cm³/mol. The number of anilines is 3. The van der Waals surface area contributed by atoms with E-state index in [4.69, 9.17) is 5.26 Å². The van der Waals surface area contributed by atoms with E-state index in [9.17, 15) is 4.39 Å². The first kappa shape index (κ1) is 11.9. The Morgan fingerprint density at radius 2 is 2.00 bits per heavy atom. The largest absolute Gasteiger partial charge is 0.373 e. The van der Waals surface area contributed by atoms with Gasteiger partial charge in [0.2, 0.25) is 0 Å². The average Bonchev–Trinajstić information content (AvgIpc) is 2.41. The molecule has 0 saturated carbocycles. The lowest BCUT2D eigenvalue weighted by Crippen LogP contribution is -1.96. The molecule has 0 unspecified atom stereocenters. The van der Waals surface area contributed by atoms with Crippen molar-refractivity contribution in [2.75, 3.05) is 17.7 Å². The van der Waals surface area contributed by atoms with E-state index in [2.05, 4.69) is 15.6 Å². The van der Waals surface area contributed by atoms with E-state index in [0.29, 0.717) is 5.69 Å². The molecule has 2 N–H and O–H groups in total. The topological polar surface area (TPSA) is 60.7 Å². The van der Waals surface area contributed by atoms with Gasteiger partial charge in [-0.05, 0) is 24.3 Å². The summed E-state index contributed by atoms with van der Waals surface area (Å²) in [6.07, 6.45) is 1.66. The number of benzene rings is 1. The molecule has 1 heterocycles. The van der Waals surface area contributed by atoms with Crippen LogP contribution in [0.25, 0.3) is 0 Å². The third-order valence-electron chi connectivity index (χ3n) is 2.39. The van der Waals surface area contributed by atoms with Crippen molar-refractivity contribution < 1.29 is 4.39 Å². The minimum Gasteiger partial charge on any atom is -0.373 e. The van der Waals surface area contributed by atoms with Crippen molar-refractivity contribution >= 4 is 17.2 Å². The Morgan fingerprint density at radius 1 is 1.22 bits per heavy atom. The SMILES string of the molecule is CNc1cc(Nc2ccc(F)c(C#N)c2)ccn1. The zero-order valence-electron chi connectivity index (χ0n) is 9.74. The van der Waals surface area contributed by atoms with Crippen molar-refractivity contribution in [3.05, 3.63) is 47.9 Å². The quantitative estimate of drug-likeness (QED) is 0.868. The highest BCUT2D eigenvalue weighted by Gasteiger charge is 2.03. The second kappa shape index (κ2) is 5.15. The molecular formula is C13H11FN4. The second-order valence-electron chi connectivity index (χ2n) is 3.61. The molecule has 1 aromatic carbocycles. The minimum absolute atomic E-state index is 0.0166. The Balaban J connectivity index is 2.26. The number of pyridine rings is 1. The summed E-state index contributed by atoms with van der Waals surface area (Å²) in [4.78, 5) is 4.08. The van der Waals surface area contributed by atoms with Crippen molar-refractivity contribution in [3.63, 3.8) is 0 Å². The van der Waals surface area contributed by atoms with Crippen LogP contribution in [0.3, 0.4) is 0 Å². The van der Waals surface area contributed by atoms with Gasteiger partial charge in [0.15, 0.2) is 0 Å². The first-order valence-electron chi connectivity index (χ1n) is 5.33. The molecule has 0 aliphatic carbocycles. The fourth-order valence-corrected chi connectivity index (χ4v) is 1.50. The molecule has 2 aromatic rings. The molecule has 5 heteroatoms. The van der Waals surface area contributed by atoms with Crippen molar-refractivity contribution in [3.8, 4) is 6.07 Å². The van der Waals surface area contributed by atoms with Crippen LogP contribution in [0, 0.1) is 17.1 Å². The standard InChI is InChI=1S/C13H11FN4/c1-16-13-7-11(4-5-17-13)18-10-2-3-12(14)9(6-10)8-15/h2-7H,1H3,(H2,16,17,18). The summed E-state index contributed by atoms with van der Waals surface area (Å²) in [6.45, 7) is 0. The van der Waals surface area contributed by atoms with Crippen molar-refractivity contribution in [1.82, 2.24) is 4.98 Å². The Morgan fingerprint density at radius 3 is 2.72 bits per heavy atom. The number of aromatic nitrogens is 1. The van der Waals surface area contributed by atoms with Crippen LogP contribution in [0.4, 0.5) is 21.6 Å². The van der Waals surface area contributed by atoms with Crippen molar-refractivity contribution in [2.24, 2.45) is 0 Å². The Hall–Kier alpha value is -2.61. The number of nitriles is 1. The molecule has 90 valence electrons. The molecule has 1 aromatic heterocycles. The summed E-state index contributed by atoms with van der Waals surface area (Å²) >= 11 is 0. The fraction of sp³-hybridized carbons (Fsp3) is 0.0769. The van der Waals surface area contributed by atoms with Gasteiger partial charge >= 0.3 is 0 Å². The third kappa shape index (κ3) is 2.55. The maximum atomic E-state index is 13.2. The van der Waals surface area contributed by atoms with E-state index < -0.39 is 5.82 Å². The lowest BCUT2D eigenvalue weighted by molar-refractivity contribution is 0.624. The summed E-state index contributed by atoms with van der Waals surface area (Å²) in [6, 6.07) is 9.72. The Bertz CT molecular complexity index is 604. The smallest absolute Gasteiger partial charge is 0.141 e. The second-order valence-corrected chi connectivity index (χ2v) is 3.61. The van der Waals surface area contributed by atoms with Gasteiger partial charge in [-0.25, -0.2) is 9.37 Å². The van der Waals surface area contributed by atoms with Crippen molar-refractivity contribution in [2.45, 2.75) is 0 Å².